The van der Waals surface area contributed by atoms with Crippen LogP contribution in [0, 0.1) is 6.92 Å². The van der Waals surface area contributed by atoms with Crippen LogP contribution in [0.1, 0.15) is 30.9 Å². The Morgan fingerprint density at radius 3 is 2.24 bits per heavy atom. The Hall–Kier alpha value is -2.21. The largest absolute Gasteiger partial charge is 0.372 e. The van der Waals surface area contributed by atoms with Crippen LogP contribution < -0.4 is 0 Å². The van der Waals surface area contributed by atoms with Gasteiger partial charge in [0, 0.05) is 6.54 Å². The number of rotatable bonds is 12. The number of ether oxygens (including phenoxy) is 1. The molecule has 2 atom stereocenters. The summed E-state index contributed by atoms with van der Waals surface area (Å²) in [6.45, 7) is 12.2. The van der Waals surface area contributed by atoms with Crippen LogP contribution in [0.5, 0.6) is 0 Å². The molecule has 0 spiro atoms. The van der Waals surface area contributed by atoms with E-state index in [1.807, 2.05) is 56.3 Å². The minimum absolute atomic E-state index is 0.208. The lowest BCUT2D eigenvalue weighted by atomic mass is 10.0. The minimum atomic E-state index is -3.71. The molecule has 0 radical (unpaired) electrons. The lowest BCUT2D eigenvalue weighted by Gasteiger charge is -2.35. The molecular formula is C24H31NO3S. The second-order valence-corrected chi connectivity index (χ2v) is 8.90. The van der Waals surface area contributed by atoms with Crippen molar-refractivity contribution >= 4 is 10.0 Å². The predicted octanol–water partition coefficient (Wildman–Crippen LogP) is 5.11. The highest BCUT2D eigenvalue weighted by Gasteiger charge is 2.34. The first-order valence-corrected chi connectivity index (χ1v) is 11.3. The van der Waals surface area contributed by atoms with Crippen LogP contribution in [-0.2, 0) is 21.4 Å². The average molecular weight is 414 g/mol. The molecule has 0 heterocycles. The van der Waals surface area contributed by atoms with E-state index in [4.69, 9.17) is 4.74 Å². The molecule has 0 saturated heterocycles. The van der Waals surface area contributed by atoms with Gasteiger partial charge in [-0.2, -0.15) is 4.31 Å². The zero-order valence-corrected chi connectivity index (χ0v) is 18.1. The highest BCUT2D eigenvalue weighted by Crippen LogP contribution is 2.25. The molecule has 156 valence electrons. The number of aryl methyl sites for hydroxylation is 1. The molecule has 0 amide bonds. The lowest BCUT2D eigenvalue weighted by Crippen LogP contribution is -2.47. The zero-order chi connectivity index (χ0) is 21.3. The fraction of sp³-hybridized carbons (Fsp3) is 0.333. The Balaban J connectivity index is 2.33. The van der Waals surface area contributed by atoms with Gasteiger partial charge in [-0.05, 0) is 37.5 Å². The standard InChI is InChI=1S/C24H31NO3S/c1-5-11-23(24(7-3)28-19-21-12-9-8-10-13-21)25(18-6-2)29(26,27)22-16-14-20(4)15-17-22/h5-6,8-10,12-17,23-24H,1-2,7,11,18-19H2,3-4H3/t23-,24+/m0/s1. The molecule has 0 aliphatic heterocycles. The number of nitrogens with zero attached hydrogens (tertiary/aromatic N) is 1. The van der Waals surface area contributed by atoms with E-state index in [-0.39, 0.29) is 23.6 Å². The van der Waals surface area contributed by atoms with Crippen molar-refractivity contribution in [2.75, 3.05) is 6.54 Å². The molecule has 0 bridgehead atoms. The van der Waals surface area contributed by atoms with Crippen LogP contribution in [0.3, 0.4) is 0 Å². The SMILES string of the molecule is C=CC[C@@H]([C@@H](CC)OCc1ccccc1)N(CC=C)S(=O)(=O)c1ccc(C)cc1. The summed E-state index contributed by atoms with van der Waals surface area (Å²) in [5.74, 6) is 0. The summed E-state index contributed by atoms with van der Waals surface area (Å²) in [4.78, 5) is 0.275. The summed E-state index contributed by atoms with van der Waals surface area (Å²) in [7, 11) is -3.71. The van der Waals surface area contributed by atoms with Crippen molar-refractivity contribution in [1.82, 2.24) is 4.31 Å². The van der Waals surface area contributed by atoms with Crippen molar-refractivity contribution in [3.8, 4) is 0 Å². The van der Waals surface area contributed by atoms with Gasteiger partial charge in [0.2, 0.25) is 10.0 Å². The Morgan fingerprint density at radius 1 is 1.03 bits per heavy atom. The van der Waals surface area contributed by atoms with Gasteiger partial charge < -0.3 is 4.74 Å². The van der Waals surface area contributed by atoms with Gasteiger partial charge in [0.05, 0.1) is 23.6 Å². The highest BCUT2D eigenvalue weighted by atomic mass is 32.2. The Bertz CT molecular complexity index is 876. The van der Waals surface area contributed by atoms with Gasteiger partial charge in [0.1, 0.15) is 0 Å². The number of hydrogen-bond donors (Lipinski definition) is 0. The first-order chi connectivity index (χ1) is 13.9. The van der Waals surface area contributed by atoms with E-state index in [0.29, 0.717) is 19.4 Å². The third-order valence-corrected chi connectivity index (χ3v) is 6.76. The van der Waals surface area contributed by atoms with Crippen molar-refractivity contribution in [1.29, 1.82) is 0 Å². The quantitative estimate of drug-likeness (QED) is 0.454. The van der Waals surface area contributed by atoms with E-state index in [1.165, 1.54) is 4.31 Å². The van der Waals surface area contributed by atoms with Gasteiger partial charge in [0.25, 0.3) is 0 Å². The van der Waals surface area contributed by atoms with Gasteiger partial charge in [0.15, 0.2) is 0 Å². The summed E-state index contributed by atoms with van der Waals surface area (Å²) in [6, 6.07) is 16.4. The molecule has 0 fully saturated rings. The van der Waals surface area contributed by atoms with Crippen LogP contribution in [0.4, 0.5) is 0 Å². The van der Waals surface area contributed by atoms with Crippen LogP contribution in [0.15, 0.2) is 84.8 Å². The van der Waals surface area contributed by atoms with Crippen molar-refractivity contribution in [3.05, 3.63) is 91.0 Å². The van der Waals surface area contributed by atoms with Gasteiger partial charge in [-0.3, -0.25) is 0 Å². The number of sulfonamides is 1. The van der Waals surface area contributed by atoms with E-state index >= 15 is 0 Å². The van der Waals surface area contributed by atoms with Crippen LogP contribution in [-0.4, -0.2) is 31.4 Å². The maximum Gasteiger partial charge on any atom is 0.243 e. The van der Waals surface area contributed by atoms with Gasteiger partial charge in [-0.25, -0.2) is 8.42 Å². The van der Waals surface area contributed by atoms with E-state index in [1.54, 1.807) is 24.3 Å². The van der Waals surface area contributed by atoms with Gasteiger partial charge in [-0.15, -0.1) is 13.2 Å². The van der Waals surface area contributed by atoms with Crippen molar-refractivity contribution in [2.24, 2.45) is 0 Å². The summed E-state index contributed by atoms with van der Waals surface area (Å²) >= 11 is 0. The normalized spacial score (nSPS) is 13.8. The van der Waals surface area contributed by atoms with Gasteiger partial charge in [-0.1, -0.05) is 67.1 Å². The van der Waals surface area contributed by atoms with Crippen molar-refractivity contribution in [3.63, 3.8) is 0 Å². The summed E-state index contributed by atoms with van der Waals surface area (Å²) in [5, 5.41) is 0. The molecule has 0 saturated carbocycles. The maximum atomic E-state index is 13.4. The molecule has 2 aromatic carbocycles. The third kappa shape index (κ3) is 6.13. The Morgan fingerprint density at radius 2 is 1.69 bits per heavy atom. The van der Waals surface area contributed by atoms with Crippen LogP contribution in [0.2, 0.25) is 0 Å². The molecule has 0 aromatic heterocycles. The number of benzene rings is 2. The van der Waals surface area contributed by atoms with E-state index in [9.17, 15) is 8.42 Å². The zero-order valence-electron chi connectivity index (χ0n) is 17.3. The fourth-order valence-corrected chi connectivity index (χ4v) is 4.92. The molecule has 5 heteroatoms. The maximum absolute atomic E-state index is 13.4. The Labute approximate surface area is 175 Å². The van der Waals surface area contributed by atoms with Crippen molar-refractivity contribution in [2.45, 2.75) is 50.3 Å². The second-order valence-electron chi connectivity index (χ2n) is 7.01. The first kappa shape index (κ1) is 23.1. The topological polar surface area (TPSA) is 46.6 Å². The molecule has 4 nitrogen and oxygen atoms in total. The first-order valence-electron chi connectivity index (χ1n) is 9.89. The van der Waals surface area contributed by atoms with E-state index in [2.05, 4.69) is 13.2 Å². The third-order valence-electron chi connectivity index (χ3n) is 4.85. The summed E-state index contributed by atoms with van der Waals surface area (Å²) < 4.78 is 34.5. The molecule has 2 rings (SSSR count). The van der Waals surface area contributed by atoms with E-state index in [0.717, 1.165) is 11.1 Å². The molecule has 0 aliphatic rings. The second kappa shape index (κ2) is 11.1. The molecule has 0 unspecified atom stereocenters. The Kier molecular flexibility index (Phi) is 8.83. The van der Waals surface area contributed by atoms with Gasteiger partial charge >= 0.3 is 0 Å². The fourth-order valence-electron chi connectivity index (χ4n) is 3.29. The average Bonchev–Trinajstić information content (AvgIpc) is 2.73. The minimum Gasteiger partial charge on any atom is -0.372 e. The number of hydrogen-bond acceptors (Lipinski definition) is 3. The molecule has 29 heavy (non-hydrogen) atoms. The molecule has 2 aromatic rings. The molecule has 0 N–H and O–H groups in total. The summed E-state index contributed by atoms with van der Waals surface area (Å²) in [5.41, 5.74) is 2.07. The predicted molar refractivity (Wildman–Crippen MR) is 119 cm³/mol. The molecular weight excluding hydrogens is 382 g/mol. The monoisotopic (exact) mass is 413 g/mol. The lowest BCUT2D eigenvalue weighted by molar-refractivity contribution is -0.00388. The van der Waals surface area contributed by atoms with Crippen LogP contribution >= 0.6 is 0 Å². The van der Waals surface area contributed by atoms with Crippen molar-refractivity contribution < 1.29 is 13.2 Å². The highest BCUT2D eigenvalue weighted by molar-refractivity contribution is 7.89. The smallest absolute Gasteiger partial charge is 0.243 e. The van der Waals surface area contributed by atoms with E-state index < -0.39 is 10.0 Å². The molecule has 0 aliphatic carbocycles. The summed E-state index contributed by atoms with van der Waals surface area (Å²) in [6.07, 6.45) is 4.27. The van der Waals surface area contributed by atoms with Crippen LogP contribution in [0.25, 0.3) is 0 Å².